The van der Waals surface area contributed by atoms with Gasteiger partial charge in [-0.3, -0.25) is 0 Å². The number of methoxy groups -OCH3 is 1. The maximum atomic E-state index is 11.5. The molecule has 0 aliphatic carbocycles. The van der Waals surface area contributed by atoms with Crippen molar-refractivity contribution < 1.29 is 19.1 Å². The van der Waals surface area contributed by atoms with E-state index in [-0.39, 0.29) is 5.92 Å². The number of carbonyl (C=O) groups is 1. The molecule has 4 rings (SSSR count). The molecule has 0 radical (unpaired) electrons. The van der Waals surface area contributed by atoms with E-state index < -0.39 is 12.1 Å². The molecule has 1 unspecified atom stereocenters. The van der Waals surface area contributed by atoms with Gasteiger partial charge in [-0.15, -0.1) is 0 Å². The van der Waals surface area contributed by atoms with E-state index in [2.05, 4.69) is 19.6 Å². The van der Waals surface area contributed by atoms with Crippen molar-refractivity contribution in [3.05, 3.63) is 30.6 Å². The Kier molecular flexibility index (Phi) is 4.01. The fourth-order valence-corrected chi connectivity index (χ4v) is 3.48. The summed E-state index contributed by atoms with van der Waals surface area (Å²) in [7, 11) is 1.29. The second-order valence-corrected chi connectivity index (χ2v) is 6.27. The molecular formula is C18H19N3O4. The number of ether oxygens (including phenoxy) is 1. The monoisotopic (exact) mass is 341 g/mol. The second-order valence-electron chi connectivity index (χ2n) is 6.27. The molecule has 7 heteroatoms. The molecule has 0 bridgehead atoms. The van der Waals surface area contributed by atoms with Gasteiger partial charge >= 0.3 is 5.97 Å². The zero-order chi connectivity index (χ0) is 17.4. The molecule has 25 heavy (non-hydrogen) atoms. The van der Waals surface area contributed by atoms with Crippen LogP contribution >= 0.6 is 0 Å². The van der Waals surface area contributed by atoms with Gasteiger partial charge in [-0.05, 0) is 30.9 Å². The molecule has 3 aromatic rings. The van der Waals surface area contributed by atoms with Gasteiger partial charge in [0.15, 0.2) is 17.5 Å². The van der Waals surface area contributed by atoms with Gasteiger partial charge < -0.3 is 19.2 Å². The van der Waals surface area contributed by atoms with Crippen LogP contribution in [0.25, 0.3) is 22.1 Å². The normalized spacial score (nSPS) is 17.1. The zero-order valence-corrected chi connectivity index (χ0v) is 13.9. The summed E-state index contributed by atoms with van der Waals surface area (Å²) in [5.74, 6) is 0.0871. The van der Waals surface area contributed by atoms with E-state index in [1.807, 2.05) is 24.3 Å². The van der Waals surface area contributed by atoms with Gasteiger partial charge in [0.05, 0.1) is 7.11 Å². The number of aromatic nitrogens is 2. The number of carbonyl (C=O) groups excluding carboxylic acids is 1. The number of rotatable bonds is 3. The first-order valence-corrected chi connectivity index (χ1v) is 8.32. The lowest BCUT2D eigenvalue weighted by Crippen LogP contribution is -2.41. The molecule has 1 N–H and O–H groups in total. The van der Waals surface area contributed by atoms with E-state index in [0.29, 0.717) is 31.5 Å². The molecular weight excluding hydrogens is 322 g/mol. The zero-order valence-electron chi connectivity index (χ0n) is 13.9. The maximum Gasteiger partial charge on any atom is 0.334 e. The number of fused-ring (bicyclic) bond motifs is 3. The second kappa shape index (κ2) is 6.33. The molecule has 1 atom stereocenters. The highest BCUT2D eigenvalue weighted by Crippen LogP contribution is 2.34. The first kappa shape index (κ1) is 15.8. The van der Waals surface area contributed by atoms with Crippen molar-refractivity contribution in [2.45, 2.75) is 18.9 Å². The van der Waals surface area contributed by atoms with Crippen molar-refractivity contribution >= 4 is 33.9 Å². The Morgan fingerprint density at radius 1 is 1.32 bits per heavy atom. The number of para-hydroxylation sites is 1. The third-order valence-electron chi connectivity index (χ3n) is 4.87. The number of aliphatic hydroxyl groups is 1. The fourth-order valence-electron chi connectivity index (χ4n) is 3.48. The summed E-state index contributed by atoms with van der Waals surface area (Å²) in [5, 5.41) is 11.0. The summed E-state index contributed by atoms with van der Waals surface area (Å²) < 4.78 is 10.6. The molecule has 1 aliphatic heterocycles. The molecule has 0 amide bonds. The molecule has 3 heterocycles. The summed E-state index contributed by atoms with van der Waals surface area (Å²) in [5.41, 5.74) is 2.27. The van der Waals surface area contributed by atoms with Crippen LogP contribution in [-0.2, 0) is 9.53 Å². The van der Waals surface area contributed by atoms with Crippen LogP contribution in [0.3, 0.4) is 0 Å². The van der Waals surface area contributed by atoms with Crippen molar-refractivity contribution in [3.8, 4) is 0 Å². The van der Waals surface area contributed by atoms with E-state index in [4.69, 9.17) is 4.42 Å². The lowest BCUT2D eigenvalue weighted by atomic mass is 9.91. The van der Waals surface area contributed by atoms with E-state index >= 15 is 0 Å². The van der Waals surface area contributed by atoms with Crippen LogP contribution in [0.1, 0.15) is 12.8 Å². The lowest BCUT2D eigenvalue weighted by Gasteiger charge is -2.33. The third-order valence-corrected chi connectivity index (χ3v) is 4.87. The topological polar surface area (TPSA) is 88.7 Å². The van der Waals surface area contributed by atoms with Gasteiger partial charge in [0.1, 0.15) is 17.4 Å². The summed E-state index contributed by atoms with van der Waals surface area (Å²) in [4.78, 5) is 22.4. The van der Waals surface area contributed by atoms with Gasteiger partial charge in [0.25, 0.3) is 0 Å². The lowest BCUT2D eigenvalue weighted by molar-refractivity contribution is -0.153. The molecule has 2 aromatic heterocycles. The molecule has 0 spiro atoms. The van der Waals surface area contributed by atoms with Gasteiger partial charge in [-0.1, -0.05) is 12.1 Å². The maximum absolute atomic E-state index is 11.5. The minimum atomic E-state index is -1.07. The van der Waals surface area contributed by atoms with E-state index in [0.717, 1.165) is 22.3 Å². The SMILES string of the molecule is COC(=O)C(O)C1CCN(c2ncnc3c2oc2ccccc23)CC1. The van der Waals surface area contributed by atoms with Crippen LogP contribution in [0.4, 0.5) is 5.82 Å². The Labute approximate surface area is 144 Å². The Morgan fingerprint density at radius 2 is 2.08 bits per heavy atom. The summed E-state index contributed by atoms with van der Waals surface area (Å²) in [6.07, 6.45) is 1.85. The van der Waals surface area contributed by atoms with Gasteiger partial charge in [0.2, 0.25) is 0 Å². The smallest absolute Gasteiger partial charge is 0.334 e. The molecule has 0 saturated carbocycles. The predicted molar refractivity (Wildman–Crippen MR) is 92.3 cm³/mol. The van der Waals surface area contributed by atoms with Gasteiger partial charge in [-0.2, -0.15) is 0 Å². The van der Waals surface area contributed by atoms with Crippen LogP contribution in [0.15, 0.2) is 35.0 Å². The molecule has 1 aromatic carbocycles. The van der Waals surface area contributed by atoms with Crippen LogP contribution in [0.5, 0.6) is 0 Å². The Hall–Kier alpha value is -2.67. The average Bonchev–Trinajstić information content (AvgIpc) is 3.05. The largest absolute Gasteiger partial charge is 0.467 e. The highest BCUT2D eigenvalue weighted by atomic mass is 16.5. The van der Waals surface area contributed by atoms with Gasteiger partial charge in [0, 0.05) is 18.5 Å². The van der Waals surface area contributed by atoms with Crippen molar-refractivity contribution in [1.29, 1.82) is 0 Å². The fraction of sp³-hybridized carbons (Fsp3) is 0.389. The molecule has 1 fully saturated rings. The molecule has 130 valence electrons. The van der Waals surface area contributed by atoms with Crippen molar-refractivity contribution in [2.75, 3.05) is 25.1 Å². The Morgan fingerprint density at radius 3 is 2.84 bits per heavy atom. The minimum absolute atomic E-state index is 0.100. The number of nitrogens with zero attached hydrogens (tertiary/aromatic N) is 3. The highest BCUT2D eigenvalue weighted by Gasteiger charge is 2.31. The highest BCUT2D eigenvalue weighted by molar-refractivity contribution is 6.05. The average molecular weight is 341 g/mol. The minimum Gasteiger partial charge on any atom is -0.467 e. The summed E-state index contributed by atoms with van der Waals surface area (Å²) >= 11 is 0. The number of furan rings is 1. The third kappa shape index (κ3) is 2.70. The predicted octanol–water partition coefficient (Wildman–Crippen LogP) is 2.13. The standard InChI is InChI=1S/C18H19N3O4/c1-24-18(23)15(22)11-6-8-21(9-7-11)17-16-14(19-10-20-17)12-4-2-3-5-13(12)25-16/h2-5,10-11,15,22H,6-9H2,1H3. The van der Waals surface area contributed by atoms with E-state index in [9.17, 15) is 9.90 Å². The first-order valence-electron chi connectivity index (χ1n) is 8.32. The number of esters is 1. The van der Waals surface area contributed by atoms with E-state index in [1.54, 1.807) is 6.33 Å². The van der Waals surface area contributed by atoms with Crippen LogP contribution in [0, 0.1) is 5.92 Å². The van der Waals surface area contributed by atoms with Crippen molar-refractivity contribution in [1.82, 2.24) is 9.97 Å². The Balaban J connectivity index is 1.60. The number of hydrogen-bond acceptors (Lipinski definition) is 7. The number of piperidine rings is 1. The van der Waals surface area contributed by atoms with Crippen LogP contribution < -0.4 is 4.90 Å². The molecule has 1 aliphatic rings. The number of aliphatic hydroxyl groups excluding tert-OH is 1. The van der Waals surface area contributed by atoms with E-state index in [1.165, 1.54) is 7.11 Å². The Bertz CT molecular complexity index is 915. The number of hydrogen-bond donors (Lipinski definition) is 1. The summed E-state index contributed by atoms with van der Waals surface area (Å²) in [6.45, 7) is 1.36. The van der Waals surface area contributed by atoms with Crippen molar-refractivity contribution in [3.63, 3.8) is 0 Å². The molecule has 1 saturated heterocycles. The summed E-state index contributed by atoms with van der Waals surface area (Å²) in [6, 6.07) is 7.78. The number of anilines is 1. The molecule has 7 nitrogen and oxygen atoms in total. The number of benzene rings is 1. The quantitative estimate of drug-likeness (QED) is 0.730. The van der Waals surface area contributed by atoms with Gasteiger partial charge in [-0.25, -0.2) is 14.8 Å². The first-order chi connectivity index (χ1) is 12.2. The van der Waals surface area contributed by atoms with Crippen LogP contribution in [0.2, 0.25) is 0 Å². The van der Waals surface area contributed by atoms with Crippen LogP contribution in [-0.4, -0.2) is 47.3 Å². The van der Waals surface area contributed by atoms with Crippen molar-refractivity contribution in [2.24, 2.45) is 5.92 Å².